The van der Waals surface area contributed by atoms with E-state index in [2.05, 4.69) is 5.16 Å². The highest BCUT2D eigenvalue weighted by molar-refractivity contribution is 6.55. The van der Waals surface area contributed by atoms with Gasteiger partial charge < -0.3 is 4.84 Å². The zero-order valence-electron chi connectivity index (χ0n) is 12.7. The molecule has 0 spiro atoms. The maximum atomic E-state index is 12.8. The van der Waals surface area contributed by atoms with Gasteiger partial charge in [0.05, 0.1) is 5.69 Å². The number of rotatable bonds is 4. The summed E-state index contributed by atoms with van der Waals surface area (Å²) >= 11 is 0. The number of amides is 1. The van der Waals surface area contributed by atoms with Crippen molar-refractivity contribution >= 4 is 23.0 Å². The molecule has 4 heteroatoms. The second-order valence-electron chi connectivity index (χ2n) is 5.26. The van der Waals surface area contributed by atoms with Crippen molar-refractivity contribution in [2.75, 3.05) is 4.90 Å². The van der Waals surface area contributed by atoms with E-state index in [1.54, 1.807) is 4.90 Å². The topological polar surface area (TPSA) is 41.9 Å². The number of anilines is 2. The van der Waals surface area contributed by atoms with Crippen LogP contribution < -0.4 is 4.90 Å². The Morgan fingerprint density at radius 3 is 2.50 bits per heavy atom. The predicted octanol–water partition coefficient (Wildman–Crippen LogP) is 3.88. The van der Waals surface area contributed by atoms with Crippen LogP contribution in [0.5, 0.6) is 0 Å². The molecule has 1 unspecified atom stereocenters. The standard InChI is InChI=1S/C18H18N2O2/c1-3-13(2)22-19-17-15-11-7-8-12-16(15)20(18(17)21)14-9-5-4-6-10-14/h4-13H,3H2,1-2H3/b19-17-. The number of hydrogen-bond donors (Lipinski definition) is 0. The molecule has 0 saturated heterocycles. The first-order valence-electron chi connectivity index (χ1n) is 7.45. The smallest absolute Gasteiger partial charge is 0.285 e. The van der Waals surface area contributed by atoms with Crippen LogP contribution in [0.25, 0.3) is 0 Å². The number of oxime groups is 1. The van der Waals surface area contributed by atoms with Gasteiger partial charge in [0.2, 0.25) is 0 Å². The summed E-state index contributed by atoms with van der Waals surface area (Å²) in [5, 5.41) is 4.12. The highest BCUT2D eigenvalue weighted by Crippen LogP contribution is 2.35. The van der Waals surface area contributed by atoms with Gasteiger partial charge in [-0.2, -0.15) is 0 Å². The van der Waals surface area contributed by atoms with Crippen LogP contribution in [0.3, 0.4) is 0 Å². The molecule has 0 aliphatic carbocycles. The predicted molar refractivity (Wildman–Crippen MR) is 87.4 cm³/mol. The van der Waals surface area contributed by atoms with Crippen molar-refractivity contribution in [2.24, 2.45) is 5.16 Å². The molecule has 0 fully saturated rings. The van der Waals surface area contributed by atoms with Crippen molar-refractivity contribution in [3.63, 3.8) is 0 Å². The highest BCUT2D eigenvalue weighted by Gasteiger charge is 2.35. The number of fused-ring (bicyclic) bond motifs is 1. The second-order valence-corrected chi connectivity index (χ2v) is 5.26. The molecule has 3 rings (SSSR count). The van der Waals surface area contributed by atoms with E-state index in [0.717, 1.165) is 23.4 Å². The van der Waals surface area contributed by atoms with Crippen LogP contribution in [0, 0.1) is 0 Å². The Hall–Kier alpha value is -2.62. The lowest BCUT2D eigenvalue weighted by atomic mass is 10.1. The molecule has 1 amide bonds. The first kappa shape index (κ1) is 14.3. The van der Waals surface area contributed by atoms with E-state index in [1.807, 2.05) is 68.4 Å². The molecule has 4 nitrogen and oxygen atoms in total. The van der Waals surface area contributed by atoms with Gasteiger partial charge >= 0.3 is 0 Å². The fourth-order valence-electron chi connectivity index (χ4n) is 2.34. The Bertz CT molecular complexity index is 710. The molecule has 22 heavy (non-hydrogen) atoms. The van der Waals surface area contributed by atoms with Gasteiger partial charge in [-0.1, -0.05) is 48.5 Å². The molecule has 112 valence electrons. The zero-order chi connectivity index (χ0) is 15.5. The maximum absolute atomic E-state index is 12.8. The van der Waals surface area contributed by atoms with Gasteiger partial charge in [0.25, 0.3) is 5.91 Å². The largest absolute Gasteiger partial charge is 0.392 e. The van der Waals surface area contributed by atoms with Gasteiger partial charge in [0.15, 0.2) is 5.71 Å². The maximum Gasteiger partial charge on any atom is 0.285 e. The number of nitrogens with zero attached hydrogens (tertiary/aromatic N) is 2. The van der Waals surface area contributed by atoms with Gasteiger partial charge in [-0.3, -0.25) is 9.69 Å². The Labute approximate surface area is 130 Å². The number of benzene rings is 2. The zero-order valence-corrected chi connectivity index (χ0v) is 12.7. The fraction of sp³-hybridized carbons (Fsp3) is 0.222. The second kappa shape index (κ2) is 6.02. The molecule has 0 aromatic heterocycles. The molecular formula is C18H18N2O2. The lowest BCUT2D eigenvalue weighted by molar-refractivity contribution is -0.111. The van der Waals surface area contributed by atoms with Crippen molar-refractivity contribution in [3.05, 3.63) is 60.2 Å². The van der Waals surface area contributed by atoms with E-state index in [4.69, 9.17) is 4.84 Å². The van der Waals surface area contributed by atoms with Crippen molar-refractivity contribution < 1.29 is 9.63 Å². The first-order chi connectivity index (χ1) is 10.7. The molecule has 1 atom stereocenters. The average Bonchev–Trinajstić information content (AvgIpc) is 2.85. The van der Waals surface area contributed by atoms with Gasteiger partial charge in [-0.05, 0) is 31.5 Å². The van der Waals surface area contributed by atoms with Crippen LogP contribution in [0.4, 0.5) is 11.4 Å². The van der Waals surface area contributed by atoms with Crippen molar-refractivity contribution in [1.29, 1.82) is 0 Å². The van der Waals surface area contributed by atoms with Gasteiger partial charge in [0.1, 0.15) is 6.10 Å². The lowest BCUT2D eigenvalue weighted by Gasteiger charge is -2.16. The highest BCUT2D eigenvalue weighted by atomic mass is 16.6. The number of hydrogen-bond acceptors (Lipinski definition) is 3. The Morgan fingerprint density at radius 1 is 1.09 bits per heavy atom. The van der Waals surface area contributed by atoms with E-state index >= 15 is 0 Å². The van der Waals surface area contributed by atoms with Crippen LogP contribution in [-0.4, -0.2) is 17.7 Å². The summed E-state index contributed by atoms with van der Waals surface area (Å²) in [6.07, 6.45) is 0.827. The van der Waals surface area contributed by atoms with Gasteiger partial charge in [0, 0.05) is 11.3 Å². The molecule has 0 N–H and O–H groups in total. The number of carbonyl (C=O) groups excluding carboxylic acids is 1. The first-order valence-corrected chi connectivity index (χ1v) is 7.45. The van der Waals surface area contributed by atoms with Crippen molar-refractivity contribution in [2.45, 2.75) is 26.4 Å². The molecule has 0 bridgehead atoms. The molecule has 2 aromatic carbocycles. The minimum Gasteiger partial charge on any atom is -0.392 e. The summed E-state index contributed by atoms with van der Waals surface area (Å²) in [6, 6.07) is 17.2. The lowest BCUT2D eigenvalue weighted by Crippen LogP contribution is -2.25. The summed E-state index contributed by atoms with van der Waals surface area (Å²) in [6.45, 7) is 3.95. The molecule has 1 aliphatic rings. The summed E-state index contributed by atoms with van der Waals surface area (Å²) in [7, 11) is 0. The van der Waals surface area contributed by atoms with Crippen LogP contribution in [0.2, 0.25) is 0 Å². The Morgan fingerprint density at radius 2 is 1.77 bits per heavy atom. The van der Waals surface area contributed by atoms with E-state index in [1.165, 1.54) is 0 Å². The van der Waals surface area contributed by atoms with E-state index < -0.39 is 0 Å². The monoisotopic (exact) mass is 294 g/mol. The fourth-order valence-corrected chi connectivity index (χ4v) is 2.34. The SMILES string of the molecule is CCC(C)O/N=C1\C(=O)N(c2ccccc2)c2ccccc21. The molecule has 0 radical (unpaired) electrons. The molecule has 1 heterocycles. The van der Waals surface area contributed by atoms with Crippen molar-refractivity contribution in [1.82, 2.24) is 0 Å². The molecular weight excluding hydrogens is 276 g/mol. The van der Waals surface area contributed by atoms with Crippen molar-refractivity contribution in [3.8, 4) is 0 Å². The van der Waals surface area contributed by atoms with Crippen LogP contribution in [-0.2, 0) is 9.63 Å². The minimum absolute atomic E-state index is 0.0155. The third kappa shape index (κ3) is 2.48. The normalized spacial score (nSPS) is 16.7. The average molecular weight is 294 g/mol. The van der Waals surface area contributed by atoms with Crippen LogP contribution in [0.15, 0.2) is 59.8 Å². The van der Waals surface area contributed by atoms with E-state index in [9.17, 15) is 4.79 Å². The van der Waals surface area contributed by atoms with Gasteiger partial charge in [-0.25, -0.2) is 0 Å². The van der Waals surface area contributed by atoms with Gasteiger partial charge in [-0.15, -0.1) is 0 Å². The summed E-state index contributed by atoms with van der Waals surface area (Å²) in [5.74, 6) is -0.157. The van der Waals surface area contributed by atoms with Crippen LogP contribution >= 0.6 is 0 Å². The Kier molecular flexibility index (Phi) is 3.92. The summed E-state index contributed by atoms with van der Waals surface area (Å²) in [4.78, 5) is 19.9. The number of para-hydroxylation sites is 2. The van der Waals surface area contributed by atoms with E-state index in [0.29, 0.717) is 5.71 Å². The Balaban J connectivity index is 2.04. The summed E-state index contributed by atoms with van der Waals surface area (Å²) < 4.78 is 0. The van der Waals surface area contributed by atoms with E-state index in [-0.39, 0.29) is 12.0 Å². The summed E-state index contributed by atoms with van der Waals surface area (Å²) in [5.41, 5.74) is 2.83. The molecule has 1 aliphatic heterocycles. The minimum atomic E-state index is -0.157. The third-order valence-corrected chi connectivity index (χ3v) is 3.72. The van der Waals surface area contributed by atoms with Crippen LogP contribution in [0.1, 0.15) is 25.8 Å². The third-order valence-electron chi connectivity index (χ3n) is 3.72. The number of carbonyl (C=O) groups is 1. The molecule has 0 saturated carbocycles. The molecule has 2 aromatic rings. The quantitative estimate of drug-likeness (QED) is 0.803.